The fourth-order valence-corrected chi connectivity index (χ4v) is 6.68. The third kappa shape index (κ3) is 6.53. The Bertz CT molecular complexity index is 1780. The van der Waals surface area contributed by atoms with Gasteiger partial charge in [0.2, 0.25) is 5.89 Å². The molecule has 1 aliphatic carbocycles. The Morgan fingerprint density at radius 1 is 0.932 bits per heavy atom. The molecule has 7 heteroatoms. The highest BCUT2D eigenvalue weighted by molar-refractivity contribution is 7.17. The predicted molar refractivity (Wildman–Crippen MR) is 173 cm³/mol. The van der Waals surface area contributed by atoms with Crippen molar-refractivity contribution in [2.24, 2.45) is 0 Å². The Balaban J connectivity index is 1.05. The maximum atomic E-state index is 11.9. The second kappa shape index (κ2) is 13.0. The van der Waals surface area contributed by atoms with Crippen molar-refractivity contribution in [2.45, 2.75) is 52.4 Å². The summed E-state index contributed by atoms with van der Waals surface area (Å²) < 4.78 is 17.3. The van der Waals surface area contributed by atoms with Crippen molar-refractivity contribution in [1.82, 2.24) is 4.98 Å². The minimum atomic E-state index is -0.129. The zero-order chi connectivity index (χ0) is 30.6. The molecule has 6 nitrogen and oxygen atoms in total. The normalized spacial score (nSPS) is 13.9. The first-order valence-corrected chi connectivity index (χ1v) is 15.9. The summed E-state index contributed by atoms with van der Waals surface area (Å²) in [7, 11) is 0. The van der Waals surface area contributed by atoms with Gasteiger partial charge in [0.25, 0.3) is 0 Å². The van der Waals surface area contributed by atoms with Gasteiger partial charge in [0, 0.05) is 16.9 Å². The summed E-state index contributed by atoms with van der Waals surface area (Å²) in [6.07, 6.45) is 2.99. The molecule has 0 radical (unpaired) electrons. The van der Waals surface area contributed by atoms with Gasteiger partial charge in [-0.05, 0) is 104 Å². The van der Waals surface area contributed by atoms with Crippen molar-refractivity contribution >= 4 is 23.1 Å². The van der Waals surface area contributed by atoms with Crippen LogP contribution in [0.3, 0.4) is 0 Å². The molecule has 2 aromatic heterocycles. The summed E-state index contributed by atoms with van der Waals surface area (Å²) in [6, 6.07) is 26.7. The Hall–Kier alpha value is -4.49. The molecule has 224 valence electrons. The zero-order valence-electron chi connectivity index (χ0n) is 25.2. The smallest absolute Gasteiger partial charge is 0.306 e. The Morgan fingerprint density at radius 2 is 1.64 bits per heavy atom. The van der Waals surface area contributed by atoms with Gasteiger partial charge in [-0.15, -0.1) is 11.3 Å². The lowest BCUT2D eigenvalue weighted by Crippen LogP contribution is -2.08. The first-order chi connectivity index (χ1) is 21.4. The van der Waals surface area contributed by atoms with E-state index >= 15 is 0 Å². The molecule has 0 fully saturated rings. The largest absolute Gasteiger partial charge is 0.493 e. The first-order valence-electron chi connectivity index (χ1n) is 15.1. The van der Waals surface area contributed by atoms with E-state index in [0.29, 0.717) is 31.9 Å². The molecule has 1 atom stereocenters. The number of carbonyl (C=O) groups is 2. The molecule has 0 saturated heterocycles. The number of oxazole rings is 1. The number of hydrogen-bond acceptors (Lipinski definition) is 7. The number of esters is 1. The van der Waals surface area contributed by atoms with E-state index in [1.165, 1.54) is 22.5 Å². The molecule has 44 heavy (non-hydrogen) atoms. The molecular formula is C37H35NO5S. The van der Waals surface area contributed by atoms with Gasteiger partial charge in [-0.1, -0.05) is 42.5 Å². The number of fused-ring (bicyclic) bond motifs is 1. The van der Waals surface area contributed by atoms with Crippen LogP contribution in [0.2, 0.25) is 0 Å². The fourth-order valence-electron chi connectivity index (χ4n) is 5.77. The number of aromatic nitrogens is 1. The van der Waals surface area contributed by atoms with Crippen molar-refractivity contribution in [3.05, 3.63) is 106 Å². The first kappa shape index (κ1) is 29.6. The molecule has 0 N–H and O–H groups in total. The Kier molecular flexibility index (Phi) is 8.75. The number of rotatable bonds is 11. The molecule has 0 amide bonds. The van der Waals surface area contributed by atoms with Crippen LogP contribution >= 0.6 is 11.3 Å². The number of thiophene rings is 1. The van der Waals surface area contributed by atoms with E-state index in [9.17, 15) is 9.59 Å². The summed E-state index contributed by atoms with van der Waals surface area (Å²) in [5.74, 6) is 2.42. The van der Waals surface area contributed by atoms with Crippen LogP contribution in [0.1, 0.15) is 64.9 Å². The van der Waals surface area contributed by atoms with Crippen molar-refractivity contribution in [3.8, 4) is 38.8 Å². The lowest BCUT2D eigenvalue weighted by atomic mass is 9.98. The monoisotopic (exact) mass is 605 g/mol. The van der Waals surface area contributed by atoms with E-state index in [4.69, 9.17) is 18.9 Å². The third-order valence-corrected chi connectivity index (χ3v) is 9.36. The second-order valence-corrected chi connectivity index (χ2v) is 12.2. The minimum Gasteiger partial charge on any atom is -0.493 e. The van der Waals surface area contributed by atoms with Crippen LogP contribution < -0.4 is 4.74 Å². The van der Waals surface area contributed by atoms with E-state index < -0.39 is 0 Å². The summed E-state index contributed by atoms with van der Waals surface area (Å²) in [6.45, 7) is 6.29. The summed E-state index contributed by atoms with van der Waals surface area (Å²) in [5.41, 5.74) is 7.62. The highest BCUT2D eigenvalue weighted by Gasteiger charge is 2.25. The number of hydrogen-bond donors (Lipinski definition) is 0. The number of ether oxygens (including phenoxy) is 2. The van der Waals surface area contributed by atoms with E-state index in [0.717, 1.165) is 62.1 Å². The quantitative estimate of drug-likeness (QED) is 0.111. The summed E-state index contributed by atoms with van der Waals surface area (Å²) in [5, 5.41) is 0. The van der Waals surface area contributed by atoms with Crippen LogP contribution in [0.25, 0.3) is 33.0 Å². The molecule has 1 aliphatic rings. The average molecular weight is 606 g/mol. The predicted octanol–water partition coefficient (Wildman–Crippen LogP) is 8.85. The van der Waals surface area contributed by atoms with Gasteiger partial charge in [-0.25, -0.2) is 4.98 Å². The van der Waals surface area contributed by atoms with Crippen molar-refractivity contribution in [3.63, 3.8) is 0 Å². The van der Waals surface area contributed by atoms with Gasteiger partial charge in [0.1, 0.15) is 11.5 Å². The van der Waals surface area contributed by atoms with Gasteiger partial charge in [-0.3, -0.25) is 9.59 Å². The van der Waals surface area contributed by atoms with Gasteiger partial charge in [0.05, 0.1) is 30.2 Å². The lowest BCUT2D eigenvalue weighted by Gasteiger charge is -2.12. The van der Waals surface area contributed by atoms with Crippen LogP contribution in [0, 0.1) is 6.92 Å². The minimum absolute atomic E-state index is 0.0958. The van der Waals surface area contributed by atoms with E-state index in [1.807, 2.05) is 44.2 Å². The van der Waals surface area contributed by atoms with E-state index in [1.54, 1.807) is 6.92 Å². The molecule has 0 unspecified atom stereocenters. The zero-order valence-corrected chi connectivity index (χ0v) is 26.0. The standard InChI is InChI=1S/C37H35NO5S/c1-4-41-36(40)22-30-14-13-29-21-31(15-16-32(29)30)42-20-19-33-24(3)43-37(38-33)28-11-7-26(8-12-28)25-5-9-27(10-6-25)35-18-17-34(44-35)23(2)39/h5-12,15-18,21,30H,4,13-14,19-20,22H2,1-3H3/t30-/m0/s1. The van der Waals surface area contributed by atoms with Gasteiger partial charge < -0.3 is 13.9 Å². The molecule has 3 aromatic carbocycles. The van der Waals surface area contributed by atoms with Crippen molar-refractivity contribution < 1.29 is 23.5 Å². The molecule has 2 heterocycles. The number of aryl methyl sites for hydroxylation is 2. The molecule has 0 spiro atoms. The number of Topliss-reactive ketones (excluding diaryl/α,β-unsaturated/α-hetero) is 1. The van der Waals surface area contributed by atoms with Crippen LogP contribution in [-0.4, -0.2) is 30.0 Å². The molecule has 0 bridgehead atoms. The SMILES string of the molecule is CCOC(=O)C[C@@H]1CCc2cc(OCCc3nc(-c4ccc(-c5ccc(-c6ccc(C(C)=O)s6)cc5)cc4)oc3C)ccc21. The van der Waals surface area contributed by atoms with Crippen LogP contribution in [0.5, 0.6) is 5.75 Å². The summed E-state index contributed by atoms with van der Waals surface area (Å²) in [4.78, 5) is 30.2. The van der Waals surface area contributed by atoms with Crippen molar-refractivity contribution in [1.29, 1.82) is 0 Å². The Labute approximate surface area is 261 Å². The molecular weight excluding hydrogens is 570 g/mol. The maximum absolute atomic E-state index is 11.9. The Morgan fingerprint density at radius 3 is 2.32 bits per heavy atom. The molecule has 5 aromatic rings. The summed E-state index contributed by atoms with van der Waals surface area (Å²) >= 11 is 1.52. The van der Waals surface area contributed by atoms with Crippen LogP contribution in [0.4, 0.5) is 0 Å². The highest BCUT2D eigenvalue weighted by atomic mass is 32.1. The lowest BCUT2D eigenvalue weighted by molar-refractivity contribution is -0.143. The van der Waals surface area contributed by atoms with E-state index in [2.05, 4.69) is 48.5 Å². The van der Waals surface area contributed by atoms with Gasteiger partial charge in [0.15, 0.2) is 5.78 Å². The number of ketones is 1. The van der Waals surface area contributed by atoms with E-state index in [-0.39, 0.29) is 17.7 Å². The number of nitrogens with zero attached hydrogens (tertiary/aromatic N) is 1. The maximum Gasteiger partial charge on any atom is 0.306 e. The van der Waals surface area contributed by atoms with Crippen LogP contribution in [0.15, 0.2) is 83.3 Å². The number of carbonyl (C=O) groups excluding carboxylic acids is 2. The molecule has 0 aliphatic heterocycles. The average Bonchev–Trinajstić information content (AvgIpc) is 3.77. The molecule has 0 saturated carbocycles. The van der Waals surface area contributed by atoms with Crippen molar-refractivity contribution in [2.75, 3.05) is 13.2 Å². The fraction of sp³-hybridized carbons (Fsp3) is 0.270. The third-order valence-electron chi connectivity index (χ3n) is 8.12. The van der Waals surface area contributed by atoms with Gasteiger partial charge in [-0.2, -0.15) is 0 Å². The number of benzene rings is 3. The highest BCUT2D eigenvalue weighted by Crippen LogP contribution is 2.38. The van der Waals surface area contributed by atoms with Gasteiger partial charge >= 0.3 is 5.97 Å². The topological polar surface area (TPSA) is 78.6 Å². The van der Waals surface area contributed by atoms with Crippen LogP contribution in [-0.2, 0) is 22.4 Å². The molecule has 6 rings (SSSR count). The second-order valence-electron chi connectivity index (χ2n) is 11.1.